The number of amides is 1. The Morgan fingerprint density at radius 1 is 0.966 bits per heavy atom. The fourth-order valence-corrected chi connectivity index (χ4v) is 9.77. The second kappa shape index (κ2) is 21.7. The maximum Gasteiger partial charge on any atom is 0.329 e. The number of allylic oxidation sites excluding steroid dienone is 4. The van der Waals surface area contributed by atoms with Gasteiger partial charge in [-0.05, 0) is 102 Å². The first-order chi connectivity index (χ1) is 27.5. The van der Waals surface area contributed by atoms with Gasteiger partial charge in [-0.2, -0.15) is 0 Å². The van der Waals surface area contributed by atoms with Gasteiger partial charge in [-0.3, -0.25) is 14.4 Å². The number of esters is 1. The summed E-state index contributed by atoms with van der Waals surface area (Å²) >= 11 is 0. The van der Waals surface area contributed by atoms with Crippen molar-refractivity contribution in [1.82, 2.24) is 4.90 Å². The number of carbonyl (C=O) groups is 4. The summed E-state index contributed by atoms with van der Waals surface area (Å²) in [6.45, 7) is 12.6. The number of cyclic esters (lactones) is 1. The second-order valence-corrected chi connectivity index (χ2v) is 18.0. The average Bonchev–Trinajstić information content (AvgIpc) is 3.20. The number of ketones is 2. The highest BCUT2D eigenvalue weighted by Crippen LogP contribution is 2.40. The number of Topliss-reactive ketones (excluding diaryl/α,β-unsaturated/α-hetero) is 2. The molecule has 0 unspecified atom stereocenters. The van der Waals surface area contributed by atoms with Crippen LogP contribution in [0.5, 0.6) is 0 Å². The summed E-state index contributed by atoms with van der Waals surface area (Å²) in [5.74, 6) is -8.64. The first kappa shape index (κ1) is 47.9. The number of aliphatic hydroxyl groups excluding tert-OH is 4. The minimum atomic E-state index is -2.54. The Bertz CT molecular complexity index is 1500. The summed E-state index contributed by atoms with van der Waals surface area (Å²) in [5, 5.41) is 54.4. The monoisotopic (exact) mass is 817 g/mol. The van der Waals surface area contributed by atoms with Gasteiger partial charge in [0.05, 0.1) is 24.4 Å². The fraction of sp³-hybridized carbons (Fsp3) is 0.778. The third-order valence-electron chi connectivity index (χ3n) is 13.4. The van der Waals surface area contributed by atoms with Crippen molar-refractivity contribution in [2.75, 3.05) is 26.9 Å². The van der Waals surface area contributed by atoms with Crippen LogP contribution in [0.3, 0.4) is 0 Å². The topological polar surface area (TPSA) is 200 Å². The summed E-state index contributed by atoms with van der Waals surface area (Å²) in [7, 11) is 1.51. The number of carbonyl (C=O) groups excluding carboxylic acids is 4. The number of aliphatic hydroxyl groups is 5. The number of nitrogens with zero attached hydrogens (tertiary/aromatic N) is 1. The van der Waals surface area contributed by atoms with E-state index in [1.165, 1.54) is 7.11 Å². The molecule has 13 heteroatoms. The SMILES string of the molecule is C=CC[C@@H]1/C=C(\C)C[C@H](C)CC[C@H](OC)[C@H]2O[C@@](O)(C(=O)C(=O)N3CCCC[C@H]3C(=O)O[C@H](/C(C)=C/[C@@H]3CC[C@@H](O)[C@H](CO)C3)[C@H](C)[C@@H](O)CC1=O)[C@H](C)C[C@@H]2CO. The molecular formula is C45H71NO12. The quantitative estimate of drug-likeness (QED) is 0.140. The molecule has 2 saturated heterocycles. The molecule has 0 aromatic rings. The van der Waals surface area contributed by atoms with Crippen molar-refractivity contribution in [2.45, 2.75) is 154 Å². The molecule has 0 spiro atoms. The lowest BCUT2D eigenvalue weighted by Gasteiger charge is -2.47. The van der Waals surface area contributed by atoms with E-state index in [-0.39, 0.29) is 62.6 Å². The number of fused-ring (bicyclic) bond motifs is 3. The maximum atomic E-state index is 14.3. The molecule has 0 aromatic heterocycles. The van der Waals surface area contributed by atoms with E-state index in [0.717, 1.165) is 10.5 Å². The highest BCUT2D eigenvalue weighted by Gasteiger charge is 2.56. The van der Waals surface area contributed by atoms with Crippen molar-refractivity contribution in [3.05, 3.63) is 36.0 Å². The first-order valence-electron chi connectivity index (χ1n) is 21.5. The van der Waals surface area contributed by atoms with Gasteiger partial charge in [-0.1, -0.05) is 44.6 Å². The van der Waals surface area contributed by atoms with Crippen molar-refractivity contribution in [1.29, 1.82) is 0 Å². The number of hydrogen-bond donors (Lipinski definition) is 5. The van der Waals surface area contributed by atoms with Crippen molar-refractivity contribution < 1.29 is 58.9 Å². The molecule has 2 bridgehead atoms. The third kappa shape index (κ3) is 11.5. The second-order valence-electron chi connectivity index (χ2n) is 18.0. The molecule has 14 atom stereocenters. The number of piperidine rings is 1. The standard InChI is InChI=1S/C45H71NO12/c1-8-11-32-19-27(3)18-26(2)13-16-39(56-7)41-34(25-48)21-29(5)45(55,58-41)42(52)43(53)46-17-10-9-12-35(46)44(54)57-40(30(6)37(50)23-38(32)51)28(4)20-31-14-15-36(49)33(22-31)24-47/h8,19-20,26,29-37,39-41,47-50,55H,1,9-18,21-25H2,2-7H3/b27-19+,28-20+/t26-,29-,30-,31+,32-,33+,34-,35+,36-,37+,39+,40-,41+,45-/m1/s1. The smallest absolute Gasteiger partial charge is 0.329 e. The Labute approximate surface area is 344 Å². The van der Waals surface area contributed by atoms with Gasteiger partial charge in [0.25, 0.3) is 11.7 Å². The molecule has 328 valence electrons. The maximum absolute atomic E-state index is 14.3. The number of ether oxygens (including phenoxy) is 3. The lowest BCUT2D eigenvalue weighted by Crippen LogP contribution is -2.63. The predicted molar refractivity (Wildman–Crippen MR) is 217 cm³/mol. The largest absolute Gasteiger partial charge is 0.456 e. The Morgan fingerprint density at radius 3 is 2.33 bits per heavy atom. The molecule has 1 aliphatic carbocycles. The van der Waals surface area contributed by atoms with Crippen LogP contribution < -0.4 is 0 Å². The minimum Gasteiger partial charge on any atom is -0.456 e. The van der Waals surface area contributed by atoms with Crippen LogP contribution in [0.2, 0.25) is 0 Å². The summed E-state index contributed by atoms with van der Waals surface area (Å²) < 4.78 is 18.3. The van der Waals surface area contributed by atoms with E-state index in [1.807, 2.05) is 19.1 Å². The van der Waals surface area contributed by atoms with Gasteiger partial charge in [-0.15, -0.1) is 6.58 Å². The molecule has 1 saturated carbocycles. The molecular weight excluding hydrogens is 746 g/mol. The van der Waals surface area contributed by atoms with E-state index in [9.17, 15) is 44.7 Å². The molecule has 5 N–H and O–H groups in total. The summed E-state index contributed by atoms with van der Waals surface area (Å²) in [6.07, 6.45) is 6.25. The van der Waals surface area contributed by atoms with Gasteiger partial charge in [-0.25, -0.2) is 4.79 Å². The van der Waals surface area contributed by atoms with Crippen LogP contribution in [0.25, 0.3) is 0 Å². The minimum absolute atomic E-state index is 0.0531. The van der Waals surface area contributed by atoms with Crippen molar-refractivity contribution in [2.24, 2.45) is 41.4 Å². The zero-order valence-electron chi connectivity index (χ0n) is 35.6. The summed E-state index contributed by atoms with van der Waals surface area (Å²) in [5.41, 5.74) is 1.61. The van der Waals surface area contributed by atoms with E-state index in [4.69, 9.17) is 14.2 Å². The van der Waals surface area contributed by atoms with E-state index >= 15 is 0 Å². The molecule has 13 nitrogen and oxygen atoms in total. The van der Waals surface area contributed by atoms with Crippen molar-refractivity contribution >= 4 is 23.4 Å². The molecule has 4 aliphatic rings. The van der Waals surface area contributed by atoms with Crippen LogP contribution >= 0.6 is 0 Å². The van der Waals surface area contributed by atoms with E-state index < -0.39 is 83.7 Å². The average molecular weight is 818 g/mol. The highest BCUT2D eigenvalue weighted by atomic mass is 16.7. The van der Waals surface area contributed by atoms with Gasteiger partial charge < -0.3 is 44.6 Å². The lowest BCUT2D eigenvalue weighted by atomic mass is 9.78. The molecule has 0 radical (unpaired) electrons. The zero-order chi connectivity index (χ0) is 42.9. The van der Waals surface area contributed by atoms with Gasteiger partial charge >= 0.3 is 5.97 Å². The predicted octanol–water partition coefficient (Wildman–Crippen LogP) is 4.22. The molecule has 3 aliphatic heterocycles. The summed E-state index contributed by atoms with van der Waals surface area (Å²) in [4.78, 5) is 57.7. The highest BCUT2D eigenvalue weighted by molar-refractivity contribution is 6.39. The lowest BCUT2D eigenvalue weighted by molar-refractivity contribution is -0.294. The number of methoxy groups -OCH3 is 1. The molecule has 58 heavy (non-hydrogen) atoms. The number of hydrogen-bond acceptors (Lipinski definition) is 12. The Morgan fingerprint density at radius 2 is 1.67 bits per heavy atom. The van der Waals surface area contributed by atoms with E-state index in [1.54, 1.807) is 26.8 Å². The van der Waals surface area contributed by atoms with Crippen LogP contribution in [0, 0.1) is 41.4 Å². The van der Waals surface area contributed by atoms with Crippen molar-refractivity contribution in [3.8, 4) is 0 Å². The molecule has 3 fully saturated rings. The van der Waals surface area contributed by atoms with Crippen molar-refractivity contribution in [3.63, 3.8) is 0 Å². The number of rotatable bonds is 7. The Hall–Kier alpha value is -2.78. The van der Waals surface area contributed by atoms with Gasteiger partial charge in [0.15, 0.2) is 0 Å². The molecule has 4 rings (SSSR count). The fourth-order valence-electron chi connectivity index (χ4n) is 9.77. The van der Waals surface area contributed by atoms with Crippen LogP contribution in [-0.2, 0) is 33.4 Å². The van der Waals surface area contributed by atoms with E-state index in [2.05, 4.69) is 13.5 Å². The van der Waals surface area contributed by atoms with Crippen LogP contribution in [0.15, 0.2) is 36.0 Å². The van der Waals surface area contributed by atoms with Gasteiger partial charge in [0, 0.05) is 62.9 Å². The zero-order valence-corrected chi connectivity index (χ0v) is 35.6. The van der Waals surface area contributed by atoms with Gasteiger partial charge in [0.2, 0.25) is 5.79 Å². The summed E-state index contributed by atoms with van der Waals surface area (Å²) in [6, 6.07) is -1.17. The molecule has 3 heterocycles. The van der Waals surface area contributed by atoms with Crippen LogP contribution in [0.4, 0.5) is 0 Å². The molecule has 1 amide bonds. The Kier molecular flexibility index (Phi) is 17.9. The third-order valence-corrected chi connectivity index (χ3v) is 13.4. The van der Waals surface area contributed by atoms with Gasteiger partial charge in [0.1, 0.15) is 17.9 Å². The Balaban J connectivity index is 1.76. The first-order valence-corrected chi connectivity index (χ1v) is 21.5. The van der Waals surface area contributed by atoms with E-state index in [0.29, 0.717) is 63.4 Å². The molecule has 0 aromatic carbocycles. The van der Waals surface area contributed by atoms with Crippen LogP contribution in [-0.4, -0.2) is 123 Å². The normalized spacial score (nSPS) is 40.7. The van der Waals surface area contributed by atoms with Crippen LogP contribution in [0.1, 0.15) is 112 Å².